The van der Waals surface area contributed by atoms with Crippen LogP contribution in [-0.2, 0) is 9.59 Å². The number of nitrogens with zero attached hydrogens (tertiary/aromatic N) is 1. The van der Waals surface area contributed by atoms with Gasteiger partial charge in [-0.05, 0) is 24.3 Å². The van der Waals surface area contributed by atoms with Gasteiger partial charge in [0.25, 0.3) is 0 Å². The first kappa shape index (κ1) is 19.0. The smallest absolute Gasteiger partial charge is 0.322 e. The summed E-state index contributed by atoms with van der Waals surface area (Å²) in [5.74, 6) is 0.257. The number of carbonyl (C=O) groups excluding carboxylic acids is 3. The van der Waals surface area contributed by atoms with E-state index >= 15 is 0 Å². The fraction of sp³-hybridized carbons (Fsp3) is 0.211. The van der Waals surface area contributed by atoms with Crippen LogP contribution < -0.4 is 30.3 Å². The van der Waals surface area contributed by atoms with Crippen molar-refractivity contribution in [1.82, 2.24) is 5.32 Å². The highest BCUT2D eigenvalue weighted by Gasteiger charge is 2.26. The number of carbonyl (C=O) groups is 3. The summed E-state index contributed by atoms with van der Waals surface area (Å²) < 4.78 is 10.3. The Hall–Kier alpha value is -3.75. The molecule has 0 unspecified atom stereocenters. The Bertz CT molecular complexity index is 915. The highest BCUT2D eigenvalue weighted by molar-refractivity contribution is 6.10. The molecule has 1 heterocycles. The van der Waals surface area contributed by atoms with E-state index in [1.807, 2.05) is 0 Å². The average Bonchev–Trinajstić information content (AvgIpc) is 2.71. The first-order chi connectivity index (χ1) is 13.5. The maximum Gasteiger partial charge on any atom is 0.322 e. The lowest BCUT2D eigenvalue weighted by Crippen LogP contribution is -2.48. The number of amides is 4. The van der Waals surface area contributed by atoms with Crippen molar-refractivity contribution in [3.8, 4) is 11.5 Å². The summed E-state index contributed by atoms with van der Waals surface area (Å²) in [6.07, 6.45) is 0. The number of fused-ring (bicyclic) bond motifs is 1. The minimum atomic E-state index is -0.546. The van der Waals surface area contributed by atoms with Gasteiger partial charge in [0, 0.05) is 6.07 Å². The number of anilines is 3. The summed E-state index contributed by atoms with van der Waals surface area (Å²) in [6.45, 7) is -0.409. The molecule has 28 heavy (non-hydrogen) atoms. The second kappa shape index (κ2) is 8.30. The van der Waals surface area contributed by atoms with E-state index in [-0.39, 0.29) is 19.0 Å². The SMILES string of the molecule is COc1ccc(OC)c(NC(=O)CNC(=O)N2CC(=O)Nc3ccccc32)c1. The Morgan fingerprint density at radius 1 is 1.14 bits per heavy atom. The Labute approximate surface area is 161 Å². The Morgan fingerprint density at radius 2 is 1.93 bits per heavy atom. The normalized spacial score (nSPS) is 12.5. The first-order valence-corrected chi connectivity index (χ1v) is 8.48. The van der Waals surface area contributed by atoms with Crippen LogP contribution in [0, 0.1) is 0 Å². The molecule has 0 atom stereocenters. The zero-order valence-corrected chi connectivity index (χ0v) is 15.4. The van der Waals surface area contributed by atoms with Crippen LogP contribution in [0.25, 0.3) is 0 Å². The van der Waals surface area contributed by atoms with Gasteiger partial charge < -0.3 is 25.4 Å². The quantitative estimate of drug-likeness (QED) is 0.729. The van der Waals surface area contributed by atoms with Crippen molar-refractivity contribution in [3.05, 3.63) is 42.5 Å². The lowest BCUT2D eigenvalue weighted by atomic mass is 10.2. The number of methoxy groups -OCH3 is 2. The minimum Gasteiger partial charge on any atom is -0.497 e. The summed E-state index contributed by atoms with van der Waals surface area (Å²) in [5, 5.41) is 7.89. The molecule has 4 amide bonds. The van der Waals surface area contributed by atoms with Gasteiger partial charge in [0.1, 0.15) is 18.0 Å². The number of rotatable bonds is 5. The second-order valence-corrected chi connectivity index (χ2v) is 5.92. The third-order valence-corrected chi connectivity index (χ3v) is 4.10. The van der Waals surface area contributed by atoms with Crippen molar-refractivity contribution < 1.29 is 23.9 Å². The summed E-state index contributed by atoms with van der Waals surface area (Å²) in [6, 6.07) is 11.4. The third-order valence-electron chi connectivity index (χ3n) is 4.10. The minimum absolute atomic E-state index is 0.131. The molecule has 146 valence electrons. The van der Waals surface area contributed by atoms with Gasteiger partial charge in [0.05, 0.1) is 37.8 Å². The fourth-order valence-electron chi connectivity index (χ4n) is 2.77. The van der Waals surface area contributed by atoms with Crippen molar-refractivity contribution in [3.63, 3.8) is 0 Å². The van der Waals surface area contributed by atoms with E-state index in [1.54, 1.807) is 42.5 Å². The molecular formula is C19H20N4O5. The van der Waals surface area contributed by atoms with Crippen LogP contribution in [0.3, 0.4) is 0 Å². The summed E-state index contributed by atoms with van der Waals surface area (Å²) in [5.41, 5.74) is 1.53. The number of hydrogen-bond donors (Lipinski definition) is 3. The maximum absolute atomic E-state index is 12.5. The van der Waals surface area contributed by atoms with Gasteiger partial charge in [-0.3, -0.25) is 14.5 Å². The van der Waals surface area contributed by atoms with Gasteiger partial charge in [-0.25, -0.2) is 4.79 Å². The molecule has 3 N–H and O–H groups in total. The molecule has 9 heteroatoms. The number of para-hydroxylation sites is 2. The average molecular weight is 384 g/mol. The van der Waals surface area contributed by atoms with Crippen LogP contribution in [0.4, 0.5) is 21.9 Å². The molecule has 0 aromatic heterocycles. The van der Waals surface area contributed by atoms with Gasteiger partial charge in [-0.15, -0.1) is 0 Å². The van der Waals surface area contributed by atoms with Gasteiger partial charge in [-0.1, -0.05) is 12.1 Å². The highest BCUT2D eigenvalue weighted by atomic mass is 16.5. The van der Waals surface area contributed by atoms with Gasteiger partial charge in [0.15, 0.2) is 0 Å². The van der Waals surface area contributed by atoms with Crippen LogP contribution in [0.1, 0.15) is 0 Å². The molecule has 0 saturated heterocycles. The number of ether oxygens (including phenoxy) is 2. The van der Waals surface area contributed by atoms with Crippen LogP contribution in [-0.4, -0.2) is 45.2 Å². The van der Waals surface area contributed by atoms with Crippen LogP contribution in [0.15, 0.2) is 42.5 Å². The highest BCUT2D eigenvalue weighted by Crippen LogP contribution is 2.29. The molecular weight excluding hydrogens is 364 g/mol. The predicted octanol–water partition coefficient (Wildman–Crippen LogP) is 1.81. The largest absolute Gasteiger partial charge is 0.497 e. The standard InChI is InChI=1S/C19H20N4O5/c1-27-12-7-8-16(28-2)14(9-12)22-17(24)10-20-19(26)23-11-18(25)21-13-5-3-4-6-15(13)23/h3-9H,10-11H2,1-2H3,(H,20,26)(H,21,25)(H,22,24). The second-order valence-electron chi connectivity index (χ2n) is 5.92. The number of nitrogens with one attached hydrogen (secondary N) is 3. The van der Waals surface area contributed by atoms with Crippen molar-refractivity contribution >= 4 is 34.9 Å². The zero-order chi connectivity index (χ0) is 20.1. The number of urea groups is 1. The van der Waals surface area contributed by atoms with E-state index in [4.69, 9.17) is 9.47 Å². The third kappa shape index (κ3) is 4.14. The maximum atomic E-state index is 12.5. The Morgan fingerprint density at radius 3 is 2.68 bits per heavy atom. The lowest BCUT2D eigenvalue weighted by Gasteiger charge is -2.29. The molecule has 0 radical (unpaired) electrons. The molecule has 2 aromatic rings. The summed E-state index contributed by atoms with van der Waals surface area (Å²) >= 11 is 0. The van der Waals surface area contributed by atoms with Crippen molar-refractivity contribution in [1.29, 1.82) is 0 Å². The van der Waals surface area contributed by atoms with Crippen molar-refractivity contribution in [2.75, 3.05) is 42.8 Å². The van der Waals surface area contributed by atoms with E-state index in [9.17, 15) is 14.4 Å². The van der Waals surface area contributed by atoms with Crippen LogP contribution in [0.5, 0.6) is 11.5 Å². The fourth-order valence-corrected chi connectivity index (χ4v) is 2.77. The zero-order valence-electron chi connectivity index (χ0n) is 15.4. The van der Waals surface area contributed by atoms with E-state index in [0.717, 1.165) is 0 Å². The molecule has 0 saturated carbocycles. The number of benzene rings is 2. The lowest BCUT2D eigenvalue weighted by molar-refractivity contribution is -0.115. The topological polar surface area (TPSA) is 109 Å². The molecule has 3 rings (SSSR count). The molecule has 2 aromatic carbocycles. The van der Waals surface area contributed by atoms with E-state index in [1.165, 1.54) is 19.1 Å². The molecule has 0 aliphatic carbocycles. The van der Waals surface area contributed by atoms with Crippen LogP contribution >= 0.6 is 0 Å². The Kier molecular flexibility index (Phi) is 5.64. The molecule has 0 fully saturated rings. The van der Waals surface area contributed by atoms with Gasteiger partial charge >= 0.3 is 6.03 Å². The number of hydrogen-bond acceptors (Lipinski definition) is 5. The van der Waals surface area contributed by atoms with Crippen LogP contribution in [0.2, 0.25) is 0 Å². The molecule has 1 aliphatic rings. The van der Waals surface area contributed by atoms with Gasteiger partial charge in [0.2, 0.25) is 11.8 Å². The molecule has 9 nitrogen and oxygen atoms in total. The molecule has 0 spiro atoms. The molecule has 0 bridgehead atoms. The van der Waals surface area contributed by atoms with Gasteiger partial charge in [-0.2, -0.15) is 0 Å². The summed E-state index contributed by atoms with van der Waals surface area (Å²) in [7, 11) is 3.00. The van der Waals surface area contributed by atoms with E-state index < -0.39 is 11.9 Å². The van der Waals surface area contributed by atoms with E-state index in [0.29, 0.717) is 28.6 Å². The summed E-state index contributed by atoms with van der Waals surface area (Å²) in [4.78, 5) is 37.9. The monoisotopic (exact) mass is 384 g/mol. The van der Waals surface area contributed by atoms with Crippen molar-refractivity contribution in [2.45, 2.75) is 0 Å². The first-order valence-electron chi connectivity index (χ1n) is 8.48. The molecule has 1 aliphatic heterocycles. The van der Waals surface area contributed by atoms with E-state index in [2.05, 4.69) is 16.0 Å². The van der Waals surface area contributed by atoms with Crippen molar-refractivity contribution in [2.24, 2.45) is 0 Å². The predicted molar refractivity (Wildman–Crippen MR) is 104 cm³/mol. The Balaban J connectivity index is 1.64.